The molecule has 0 aliphatic carbocycles. The summed E-state index contributed by atoms with van der Waals surface area (Å²) in [6.07, 6.45) is 5.15. The average molecular weight is 240 g/mol. The zero-order chi connectivity index (χ0) is 13.7. The van der Waals surface area contributed by atoms with Gasteiger partial charge in [0, 0.05) is 16.9 Å². The number of aliphatic hydroxyl groups is 1. The highest BCUT2D eigenvalue weighted by Gasteiger charge is 2.28. The predicted molar refractivity (Wildman–Crippen MR) is 73.1 cm³/mol. The Balaban J connectivity index is 4.85. The topological polar surface area (TPSA) is 37.3 Å². The van der Waals surface area contributed by atoms with Gasteiger partial charge in [0.1, 0.15) is 5.76 Å². The third kappa shape index (κ3) is 4.93. The monoisotopic (exact) mass is 240 g/mol. The van der Waals surface area contributed by atoms with Crippen molar-refractivity contribution in [3.63, 3.8) is 0 Å². The van der Waals surface area contributed by atoms with E-state index in [0.717, 1.165) is 25.7 Å². The van der Waals surface area contributed by atoms with Crippen LogP contribution in [0.15, 0.2) is 11.8 Å². The lowest BCUT2D eigenvalue weighted by molar-refractivity contribution is -0.122. The van der Waals surface area contributed by atoms with Crippen LogP contribution >= 0.6 is 0 Å². The summed E-state index contributed by atoms with van der Waals surface area (Å²) in [6, 6.07) is 0. The number of rotatable bonds is 7. The maximum Gasteiger partial charge on any atom is 0.164 e. The van der Waals surface area contributed by atoms with Gasteiger partial charge in [-0.25, -0.2) is 0 Å². The van der Waals surface area contributed by atoms with E-state index < -0.39 is 0 Å². The van der Waals surface area contributed by atoms with Crippen molar-refractivity contribution in [2.75, 3.05) is 0 Å². The van der Waals surface area contributed by atoms with Gasteiger partial charge in [-0.3, -0.25) is 4.79 Å². The molecule has 0 saturated heterocycles. The second-order valence-corrected chi connectivity index (χ2v) is 6.16. The van der Waals surface area contributed by atoms with Gasteiger partial charge >= 0.3 is 0 Å². The Hall–Kier alpha value is -0.790. The van der Waals surface area contributed by atoms with E-state index in [1.54, 1.807) is 0 Å². The van der Waals surface area contributed by atoms with Crippen LogP contribution in [-0.4, -0.2) is 10.9 Å². The summed E-state index contributed by atoms with van der Waals surface area (Å²) in [4.78, 5) is 12.1. The predicted octanol–water partition coefficient (Wildman–Crippen LogP) is 4.65. The summed E-state index contributed by atoms with van der Waals surface area (Å²) >= 11 is 0. The van der Waals surface area contributed by atoms with Crippen molar-refractivity contribution < 1.29 is 9.90 Å². The number of carbonyl (C=O) groups excluding carboxylic acids is 1. The highest BCUT2D eigenvalue weighted by atomic mass is 16.3. The highest BCUT2D eigenvalue weighted by molar-refractivity contribution is 5.94. The van der Waals surface area contributed by atoms with Crippen molar-refractivity contribution in [1.29, 1.82) is 0 Å². The third-order valence-corrected chi connectivity index (χ3v) is 3.38. The molecule has 0 spiro atoms. The van der Waals surface area contributed by atoms with Gasteiger partial charge in [0.25, 0.3) is 0 Å². The van der Waals surface area contributed by atoms with E-state index in [1.165, 1.54) is 6.08 Å². The molecular weight excluding hydrogens is 212 g/mol. The van der Waals surface area contributed by atoms with E-state index in [9.17, 15) is 9.90 Å². The lowest BCUT2D eigenvalue weighted by atomic mass is 9.80. The Labute approximate surface area is 106 Å². The van der Waals surface area contributed by atoms with Crippen molar-refractivity contribution in [1.82, 2.24) is 0 Å². The van der Waals surface area contributed by atoms with Crippen LogP contribution in [0.5, 0.6) is 0 Å². The number of carbonyl (C=O) groups is 1. The van der Waals surface area contributed by atoms with Crippen LogP contribution in [0.2, 0.25) is 0 Å². The first kappa shape index (κ1) is 16.2. The van der Waals surface area contributed by atoms with E-state index in [4.69, 9.17) is 0 Å². The van der Waals surface area contributed by atoms with E-state index in [1.807, 2.05) is 27.7 Å². The van der Waals surface area contributed by atoms with E-state index >= 15 is 0 Å². The molecule has 0 aromatic heterocycles. The van der Waals surface area contributed by atoms with Crippen molar-refractivity contribution in [2.24, 2.45) is 10.8 Å². The smallest absolute Gasteiger partial charge is 0.164 e. The van der Waals surface area contributed by atoms with Gasteiger partial charge in [-0.1, -0.05) is 54.4 Å². The molecule has 0 aromatic rings. The summed E-state index contributed by atoms with van der Waals surface area (Å²) in [5.41, 5.74) is -0.669. The van der Waals surface area contributed by atoms with Gasteiger partial charge in [0.2, 0.25) is 0 Å². The van der Waals surface area contributed by atoms with E-state index in [0.29, 0.717) is 0 Å². The standard InChI is InChI=1S/C15H28O2/c1-7-9-14(3,4)12(16)11-13(17)15(5,6)10-8-2/h11,16H,7-10H2,1-6H3. The fraction of sp³-hybridized carbons (Fsp3) is 0.800. The molecule has 100 valence electrons. The second-order valence-electron chi connectivity index (χ2n) is 6.16. The van der Waals surface area contributed by atoms with Crippen LogP contribution in [0.3, 0.4) is 0 Å². The SMILES string of the molecule is CCCC(C)(C)C(=O)C=C(O)C(C)(C)CCC. The zero-order valence-corrected chi connectivity index (χ0v) is 12.3. The Kier molecular flexibility index (Phi) is 5.94. The van der Waals surface area contributed by atoms with Gasteiger partial charge < -0.3 is 5.11 Å². The maximum absolute atomic E-state index is 12.1. The number of hydrogen-bond donors (Lipinski definition) is 1. The highest BCUT2D eigenvalue weighted by Crippen LogP contribution is 2.32. The molecule has 0 saturated carbocycles. The van der Waals surface area contributed by atoms with E-state index in [-0.39, 0.29) is 22.4 Å². The molecule has 0 unspecified atom stereocenters. The quantitative estimate of drug-likeness (QED) is 0.519. The molecule has 0 aromatic carbocycles. The zero-order valence-electron chi connectivity index (χ0n) is 12.3. The molecule has 0 aliphatic heterocycles. The molecule has 0 aliphatic rings. The molecule has 2 heteroatoms. The van der Waals surface area contributed by atoms with Gasteiger partial charge in [0.05, 0.1) is 0 Å². The second kappa shape index (κ2) is 6.23. The van der Waals surface area contributed by atoms with Crippen molar-refractivity contribution >= 4 is 5.78 Å². The summed E-state index contributed by atoms with van der Waals surface area (Å²) in [5.74, 6) is 0.245. The minimum atomic E-state index is -0.370. The fourth-order valence-corrected chi connectivity index (χ4v) is 2.02. The van der Waals surface area contributed by atoms with Crippen molar-refractivity contribution in [2.45, 2.75) is 67.2 Å². The number of ketones is 1. The first-order chi connectivity index (χ1) is 7.67. The van der Waals surface area contributed by atoms with Crippen molar-refractivity contribution in [3.05, 3.63) is 11.8 Å². The molecule has 0 bridgehead atoms. The van der Waals surface area contributed by atoms with Crippen LogP contribution in [0.4, 0.5) is 0 Å². The summed E-state index contributed by atoms with van der Waals surface area (Å²) < 4.78 is 0. The Morgan fingerprint density at radius 1 is 1.00 bits per heavy atom. The Morgan fingerprint density at radius 3 is 1.82 bits per heavy atom. The summed E-state index contributed by atoms with van der Waals surface area (Å²) in [7, 11) is 0. The van der Waals surface area contributed by atoms with Crippen LogP contribution < -0.4 is 0 Å². The third-order valence-electron chi connectivity index (χ3n) is 3.38. The Bertz CT molecular complexity index is 285. The van der Waals surface area contributed by atoms with Crippen LogP contribution in [0.1, 0.15) is 67.2 Å². The summed E-state index contributed by atoms with van der Waals surface area (Å²) in [5, 5.41) is 10.1. The fourth-order valence-electron chi connectivity index (χ4n) is 2.02. The van der Waals surface area contributed by atoms with Crippen LogP contribution in [0.25, 0.3) is 0 Å². The van der Waals surface area contributed by atoms with Gasteiger partial charge in [0.15, 0.2) is 5.78 Å². The minimum absolute atomic E-state index is 0.0287. The lowest BCUT2D eigenvalue weighted by Gasteiger charge is -2.25. The molecule has 0 heterocycles. The molecule has 1 N–H and O–H groups in total. The molecule has 2 nitrogen and oxygen atoms in total. The molecule has 0 rings (SSSR count). The Morgan fingerprint density at radius 2 is 1.41 bits per heavy atom. The molecule has 0 atom stereocenters. The summed E-state index contributed by atoms with van der Waals surface area (Å²) in [6.45, 7) is 12.0. The van der Waals surface area contributed by atoms with Gasteiger partial charge in [-0.2, -0.15) is 0 Å². The normalized spacial score (nSPS) is 13.9. The number of hydrogen-bond acceptors (Lipinski definition) is 2. The molecule has 0 amide bonds. The van der Waals surface area contributed by atoms with Crippen molar-refractivity contribution in [3.8, 4) is 0 Å². The minimum Gasteiger partial charge on any atom is -0.512 e. The molecule has 0 fully saturated rings. The van der Waals surface area contributed by atoms with Crippen LogP contribution in [0, 0.1) is 10.8 Å². The average Bonchev–Trinajstić information content (AvgIpc) is 2.17. The largest absolute Gasteiger partial charge is 0.512 e. The number of allylic oxidation sites excluding steroid dienone is 2. The van der Waals surface area contributed by atoms with Gasteiger partial charge in [-0.05, 0) is 12.8 Å². The van der Waals surface area contributed by atoms with Gasteiger partial charge in [-0.15, -0.1) is 0 Å². The van der Waals surface area contributed by atoms with Crippen LogP contribution in [-0.2, 0) is 4.79 Å². The molecule has 0 radical (unpaired) electrons. The molecule has 17 heavy (non-hydrogen) atoms. The first-order valence-electron chi connectivity index (χ1n) is 6.63. The lowest BCUT2D eigenvalue weighted by Crippen LogP contribution is -2.24. The number of aliphatic hydroxyl groups excluding tert-OH is 1. The maximum atomic E-state index is 12.1. The van der Waals surface area contributed by atoms with E-state index in [2.05, 4.69) is 13.8 Å². The molecular formula is C15H28O2. The first-order valence-corrected chi connectivity index (χ1v) is 6.63.